The van der Waals surface area contributed by atoms with Crippen LogP contribution in [0, 0.1) is 12.7 Å². The minimum Gasteiger partial charge on any atom is -0.334 e. The molecular formula is C21H15FN4O2. The summed E-state index contributed by atoms with van der Waals surface area (Å²) in [5.41, 5.74) is 2.68. The molecule has 7 heteroatoms. The molecule has 0 spiro atoms. The Morgan fingerprint density at radius 3 is 2.61 bits per heavy atom. The van der Waals surface area contributed by atoms with E-state index in [2.05, 4.69) is 20.4 Å². The Labute approximate surface area is 160 Å². The van der Waals surface area contributed by atoms with Crippen LogP contribution < -0.4 is 5.32 Å². The summed E-state index contributed by atoms with van der Waals surface area (Å²) in [7, 11) is 0. The largest absolute Gasteiger partial charge is 0.334 e. The standard InChI is InChI=1S/C21H15FN4O2/c1-13-5-10-18(23-12-13)24-20(27)15-3-2-4-16(11-15)21-25-19(26-28-21)14-6-8-17(22)9-7-14/h2-12H,1H3,(H,23,24,27). The van der Waals surface area contributed by atoms with Crippen LogP contribution in [0.15, 0.2) is 71.4 Å². The van der Waals surface area contributed by atoms with Crippen molar-refractivity contribution in [2.45, 2.75) is 6.92 Å². The van der Waals surface area contributed by atoms with Crippen molar-refractivity contribution in [3.8, 4) is 22.8 Å². The summed E-state index contributed by atoms with van der Waals surface area (Å²) >= 11 is 0. The summed E-state index contributed by atoms with van der Waals surface area (Å²) in [5.74, 6) is 0.444. The Morgan fingerprint density at radius 2 is 1.86 bits per heavy atom. The zero-order valence-electron chi connectivity index (χ0n) is 14.9. The number of anilines is 1. The van der Waals surface area contributed by atoms with Gasteiger partial charge in [-0.3, -0.25) is 4.79 Å². The van der Waals surface area contributed by atoms with E-state index in [-0.39, 0.29) is 17.6 Å². The third kappa shape index (κ3) is 3.78. The lowest BCUT2D eigenvalue weighted by Crippen LogP contribution is -2.12. The van der Waals surface area contributed by atoms with Crippen molar-refractivity contribution in [2.75, 3.05) is 5.32 Å². The molecule has 138 valence electrons. The Balaban J connectivity index is 1.56. The van der Waals surface area contributed by atoms with E-state index >= 15 is 0 Å². The van der Waals surface area contributed by atoms with Gasteiger partial charge in [-0.2, -0.15) is 4.98 Å². The summed E-state index contributed by atoms with van der Waals surface area (Å²) in [5, 5.41) is 6.67. The van der Waals surface area contributed by atoms with Crippen LogP contribution in [0.5, 0.6) is 0 Å². The van der Waals surface area contributed by atoms with Crippen LogP contribution in [-0.4, -0.2) is 21.0 Å². The maximum Gasteiger partial charge on any atom is 0.258 e. The SMILES string of the molecule is Cc1ccc(NC(=O)c2cccc(-c3nc(-c4ccc(F)cc4)no3)c2)nc1. The van der Waals surface area contributed by atoms with Gasteiger partial charge >= 0.3 is 0 Å². The minimum absolute atomic E-state index is 0.266. The number of hydrogen-bond donors (Lipinski definition) is 1. The average molecular weight is 374 g/mol. The maximum atomic E-state index is 13.1. The van der Waals surface area contributed by atoms with Crippen molar-refractivity contribution in [1.29, 1.82) is 0 Å². The molecule has 0 aliphatic carbocycles. The van der Waals surface area contributed by atoms with Gasteiger partial charge in [-0.1, -0.05) is 17.3 Å². The number of benzene rings is 2. The van der Waals surface area contributed by atoms with Crippen LogP contribution in [0.4, 0.5) is 10.2 Å². The van der Waals surface area contributed by atoms with E-state index in [0.717, 1.165) is 5.56 Å². The fourth-order valence-electron chi connectivity index (χ4n) is 2.58. The molecule has 1 N–H and O–H groups in total. The van der Waals surface area contributed by atoms with Crippen molar-refractivity contribution >= 4 is 11.7 Å². The van der Waals surface area contributed by atoms with E-state index in [1.54, 1.807) is 48.7 Å². The molecule has 0 aliphatic heterocycles. The van der Waals surface area contributed by atoms with E-state index in [9.17, 15) is 9.18 Å². The Bertz CT molecular complexity index is 1120. The lowest BCUT2D eigenvalue weighted by molar-refractivity contribution is 0.102. The molecule has 0 saturated heterocycles. The first-order valence-electron chi connectivity index (χ1n) is 8.52. The monoisotopic (exact) mass is 374 g/mol. The molecule has 2 heterocycles. The van der Waals surface area contributed by atoms with E-state index in [1.165, 1.54) is 12.1 Å². The first-order valence-corrected chi connectivity index (χ1v) is 8.52. The lowest BCUT2D eigenvalue weighted by atomic mass is 10.1. The second-order valence-corrected chi connectivity index (χ2v) is 6.19. The number of rotatable bonds is 4. The second-order valence-electron chi connectivity index (χ2n) is 6.19. The molecule has 6 nitrogen and oxygen atoms in total. The van der Waals surface area contributed by atoms with Gasteiger partial charge in [0.15, 0.2) is 0 Å². The molecule has 0 aliphatic rings. The van der Waals surface area contributed by atoms with Gasteiger partial charge in [0.05, 0.1) is 0 Å². The summed E-state index contributed by atoms with van der Waals surface area (Å²) in [6, 6.07) is 16.3. The molecular weight excluding hydrogens is 359 g/mol. The topological polar surface area (TPSA) is 80.9 Å². The van der Waals surface area contributed by atoms with Gasteiger partial charge in [0.2, 0.25) is 5.82 Å². The molecule has 0 radical (unpaired) electrons. The van der Waals surface area contributed by atoms with Crippen LogP contribution in [0.25, 0.3) is 22.8 Å². The number of halogens is 1. The van der Waals surface area contributed by atoms with Crippen LogP contribution in [0.3, 0.4) is 0 Å². The highest BCUT2D eigenvalue weighted by Gasteiger charge is 2.13. The van der Waals surface area contributed by atoms with Crippen LogP contribution >= 0.6 is 0 Å². The maximum absolute atomic E-state index is 13.1. The number of nitrogens with zero attached hydrogens (tertiary/aromatic N) is 3. The Hall–Kier alpha value is -3.87. The predicted octanol–water partition coefficient (Wildman–Crippen LogP) is 4.50. The number of carbonyl (C=O) groups excluding carboxylic acids is 1. The number of hydrogen-bond acceptors (Lipinski definition) is 5. The van der Waals surface area contributed by atoms with Crippen LogP contribution in [-0.2, 0) is 0 Å². The fourth-order valence-corrected chi connectivity index (χ4v) is 2.58. The predicted molar refractivity (Wildman–Crippen MR) is 102 cm³/mol. The molecule has 0 fully saturated rings. The number of pyridine rings is 1. The lowest BCUT2D eigenvalue weighted by Gasteiger charge is -2.05. The van der Waals surface area contributed by atoms with E-state index in [0.29, 0.717) is 28.3 Å². The average Bonchev–Trinajstić information content (AvgIpc) is 3.21. The number of amides is 1. The van der Waals surface area contributed by atoms with Crippen LogP contribution in [0.1, 0.15) is 15.9 Å². The Kier molecular flexibility index (Phi) is 4.63. The van der Waals surface area contributed by atoms with Gasteiger partial charge in [-0.05, 0) is 61.0 Å². The molecule has 2 aromatic carbocycles. The van der Waals surface area contributed by atoms with E-state index < -0.39 is 0 Å². The smallest absolute Gasteiger partial charge is 0.258 e. The molecule has 0 bridgehead atoms. The van der Waals surface area contributed by atoms with Gasteiger partial charge in [-0.25, -0.2) is 9.37 Å². The third-order valence-corrected chi connectivity index (χ3v) is 4.05. The van der Waals surface area contributed by atoms with Gasteiger partial charge in [0, 0.05) is 22.9 Å². The highest BCUT2D eigenvalue weighted by molar-refractivity contribution is 6.04. The van der Waals surface area contributed by atoms with Crippen molar-refractivity contribution in [2.24, 2.45) is 0 Å². The van der Waals surface area contributed by atoms with Crippen molar-refractivity contribution in [3.63, 3.8) is 0 Å². The summed E-state index contributed by atoms with van der Waals surface area (Å²) in [4.78, 5) is 21.0. The van der Waals surface area contributed by atoms with E-state index in [4.69, 9.17) is 4.52 Å². The molecule has 0 unspecified atom stereocenters. The highest BCUT2D eigenvalue weighted by atomic mass is 19.1. The quantitative estimate of drug-likeness (QED) is 0.569. The van der Waals surface area contributed by atoms with Gasteiger partial charge in [0.25, 0.3) is 11.8 Å². The van der Waals surface area contributed by atoms with Gasteiger partial charge < -0.3 is 9.84 Å². The fraction of sp³-hybridized carbons (Fsp3) is 0.0476. The second kappa shape index (κ2) is 7.40. The summed E-state index contributed by atoms with van der Waals surface area (Å²) in [6.45, 7) is 1.92. The molecule has 4 rings (SSSR count). The first-order chi connectivity index (χ1) is 13.6. The number of aryl methyl sites for hydroxylation is 1. The van der Waals surface area contributed by atoms with Crippen molar-refractivity contribution in [1.82, 2.24) is 15.1 Å². The van der Waals surface area contributed by atoms with Crippen molar-refractivity contribution < 1.29 is 13.7 Å². The number of aromatic nitrogens is 3. The van der Waals surface area contributed by atoms with Gasteiger partial charge in [0.1, 0.15) is 11.6 Å². The minimum atomic E-state index is -0.339. The summed E-state index contributed by atoms with van der Waals surface area (Å²) < 4.78 is 18.4. The molecule has 4 aromatic rings. The molecule has 2 aromatic heterocycles. The van der Waals surface area contributed by atoms with Crippen LogP contribution in [0.2, 0.25) is 0 Å². The normalized spacial score (nSPS) is 10.6. The molecule has 0 atom stereocenters. The molecule has 1 amide bonds. The molecule has 0 saturated carbocycles. The highest BCUT2D eigenvalue weighted by Crippen LogP contribution is 2.23. The Morgan fingerprint density at radius 1 is 1.04 bits per heavy atom. The first kappa shape index (κ1) is 17.5. The zero-order chi connectivity index (χ0) is 19.5. The zero-order valence-corrected chi connectivity index (χ0v) is 14.9. The molecule has 28 heavy (non-hydrogen) atoms. The third-order valence-electron chi connectivity index (χ3n) is 4.05. The van der Waals surface area contributed by atoms with Crippen molar-refractivity contribution in [3.05, 3.63) is 83.8 Å². The van der Waals surface area contributed by atoms with E-state index in [1.807, 2.05) is 13.0 Å². The number of carbonyl (C=O) groups is 1. The summed E-state index contributed by atoms with van der Waals surface area (Å²) in [6.07, 6.45) is 1.68. The number of nitrogens with one attached hydrogen (secondary N) is 1. The van der Waals surface area contributed by atoms with Gasteiger partial charge in [-0.15, -0.1) is 0 Å².